The van der Waals surface area contributed by atoms with Gasteiger partial charge < -0.3 is 14.9 Å². The first-order chi connectivity index (χ1) is 15.0. The van der Waals surface area contributed by atoms with Gasteiger partial charge in [0.25, 0.3) is 15.9 Å². The number of sulfonamides is 1. The van der Waals surface area contributed by atoms with Crippen molar-refractivity contribution in [3.63, 3.8) is 0 Å². The van der Waals surface area contributed by atoms with E-state index in [1.807, 2.05) is 26.8 Å². The van der Waals surface area contributed by atoms with Crippen LogP contribution >= 0.6 is 22.9 Å². The number of Topliss-reactive ketones (excluding diaryl/α,β-unsaturated/α-hetero) is 1. The van der Waals surface area contributed by atoms with E-state index < -0.39 is 16.3 Å². The van der Waals surface area contributed by atoms with Crippen molar-refractivity contribution in [3.8, 4) is 0 Å². The molecule has 0 aliphatic rings. The summed E-state index contributed by atoms with van der Waals surface area (Å²) in [5, 5.41) is 19.2. The summed E-state index contributed by atoms with van der Waals surface area (Å²) >= 11 is 7.08. The van der Waals surface area contributed by atoms with Crippen LogP contribution < -0.4 is 10.0 Å². The monoisotopic (exact) mass is 497 g/mol. The molecule has 1 aromatic carbocycles. The highest BCUT2D eigenvalue weighted by Gasteiger charge is 2.28. The zero-order valence-electron chi connectivity index (χ0n) is 18.2. The second kappa shape index (κ2) is 9.22. The number of nitrogens with one attached hydrogen (secondary N) is 2. The fraction of sp³-hybridized carbons (Fsp3) is 0.333. The first kappa shape index (κ1) is 24.2. The molecule has 0 saturated carbocycles. The lowest BCUT2D eigenvalue weighted by Gasteiger charge is -2.22. The molecule has 0 saturated heterocycles. The number of aliphatic hydroxyl groups excluding tert-OH is 1. The van der Waals surface area contributed by atoms with E-state index in [1.54, 1.807) is 12.3 Å². The molecule has 0 fully saturated rings. The largest absolute Gasteiger partial charge is 0.369 e. The first-order valence-electron chi connectivity index (χ1n) is 9.78. The second-order valence-electron chi connectivity index (χ2n) is 7.35. The van der Waals surface area contributed by atoms with Crippen LogP contribution in [0.2, 0.25) is 5.02 Å². The van der Waals surface area contributed by atoms with Gasteiger partial charge in [-0.05, 0) is 62.3 Å². The fourth-order valence-electron chi connectivity index (χ4n) is 3.40. The standard InChI is InChI=1S/C21H24ClN3O5S2/c1-6-14-9-10(2)11(3)16(13(5)26)18(14)23-20(27)19-15(7-8-31-19)32(28,29)25-21-17(22)12(4)24-30-21/h7-9,20,23,25,27H,6H2,1-5H3. The normalized spacial score (nSPS) is 12.6. The molecule has 0 bridgehead atoms. The molecule has 2 aromatic heterocycles. The number of hydrogen-bond donors (Lipinski definition) is 3. The summed E-state index contributed by atoms with van der Waals surface area (Å²) in [6.07, 6.45) is -0.754. The first-order valence-corrected chi connectivity index (χ1v) is 12.5. The van der Waals surface area contributed by atoms with Crippen LogP contribution in [0.25, 0.3) is 0 Å². The van der Waals surface area contributed by atoms with E-state index in [9.17, 15) is 18.3 Å². The number of hydrogen-bond acceptors (Lipinski definition) is 8. The van der Waals surface area contributed by atoms with Crippen molar-refractivity contribution in [1.29, 1.82) is 0 Å². The Morgan fingerprint density at radius 2 is 2.03 bits per heavy atom. The van der Waals surface area contributed by atoms with Crippen molar-refractivity contribution < 1.29 is 22.8 Å². The Hall–Kier alpha value is -2.40. The lowest BCUT2D eigenvalue weighted by atomic mass is 9.93. The predicted octanol–water partition coefficient (Wildman–Crippen LogP) is 4.98. The minimum Gasteiger partial charge on any atom is -0.369 e. The fourth-order valence-corrected chi connectivity index (χ4v) is 5.97. The van der Waals surface area contributed by atoms with Gasteiger partial charge in [-0.3, -0.25) is 4.79 Å². The summed E-state index contributed by atoms with van der Waals surface area (Å²) in [5.41, 5.74) is 3.93. The van der Waals surface area contributed by atoms with Gasteiger partial charge in [-0.25, -0.2) is 13.1 Å². The van der Waals surface area contributed by atoms with Gasteiger partial charge in [0.15, 0.2) is 12.0 Å². The Kier molecular flexibility index (Phi) is 6.99. The molecule has 11 heteroatoms. The minimum atomic E-state index is -4.13. The molecule has 1 atom stereocenters. The van der Waals surface area contributed by atoms with Crippen LogP contribution in [0.1, 0.15) is 57.7 Å². The van der Waals surface area contributed by atoms with Gasteiger partial charge in [-0.2, -0.15) is 0 Å². The lowest BCUT2D eigenvalue weighted by molar-refractivity contribution is 0.101. The van der Waals surface area contributed by atoms with E-state index in [4.69, 9.17) is 16.1 Å². The van der Waals surface area contributed by atoms with Crippen LogP contribution in [0.15, 0.2) is 26.9 Å². The highest BCUT2D eigenvalue weighted by Crippen LogP contribution is 2.35. The number of carbonyl (C=O) groups excluding carboxylic acids is 1. The maximum absolute atomic E-state index is 13.0. The maximum atomic E-state index is 13.0. The zero-order chi connectivity index (χ0) is 23.8. The average Bonchev–Trinajstić information content (AvgIpc) is 3.33. The van der Waals surface area contributed by atoms with E-state index in [0.29, 0.717) is 23.4 Å². The van der Waals surface area contributed by atoms with Gasteiger partial charge in [-0.15, -0.1) is 11.3 Å². The van der Waals surface area contributed by atoms with Crippen LogP contribution in [-0.2, 0) is 16.4 Å². The van der Waals surface area contributed by atoms with Crippen LogP contribution in [0.5, 0.6) is 0 Å². The number of anilines is 2. The number of aromatic nitrogens is 1. The van der Waals surface area contributed by atoms with Crippen molar-refractivity contribution in [1.82, 2.24) is 5.16 Å². The summed E-state index contributed by atoms with van der Waals surface area (Å²) in [6, 6.07) is 3.33. The molecule has 2 heterocycles. The minimum absolute atomic E-state index is 0.0536. The third kappa shape index (κ3) is 4.54. The van der Waals surface area contributed by atoms with E-state index >= 15 is 0 Å². The van der Waals surface area contributed by atoms with Crippen molar-refractivity contribution in [2.24, 2.45) is 0 Å². The van der Waals surface area contributed by atoms with Crippen LogP contribution in [-0.4, -0.2) is 24.5 Å². The number of thiophene rings is 1. The number of aliphatic hydroxyl groups is 1. The van der Waals surface area contributed by atoms with E-state index in [2.05, 4.69) is 15.2 Å². The average molecular weight is 498 g/mol. The topological polar surface area (TPSA) is 122 Å². The van der Waals surface area contributed by atoms with Gasteiger partial charge in [0.2, 0.25) is 0 Å². The Labute approximate surface area is 195 Å². The Bertz CT molecular complexity index is 1280. The molecule has 3 rings (SSSR count). The van der Waals surface area contributed by atoms with Crippen LogP contribution in [0, 0.1) is 20.8 Å². The number of benzene rings is 1. The number of nitrogens with zero attached hydrogens (tertiary/aromatic N) is 1. The molecule has 3 aromatic rings. The summed E-state index contributed by atoms with van der Waals surface area (Å²) in [7, 11) is -4.13. The number of halogens is 1. The van der Waals surface area contributed by atoms with Crippen LogP contribution in [0.3, 0.4) is 0 Å². The molecule has 0 aliphatic carbocycles. The summed E-state index contributed by atoms with van der Waals surface area (Å²) < 4.78 is 33.1. The Morgan fingerprint density at radius 3 is 2.59 bits per heavy atom. The number of aryl methyl sites for hydroxylation is 3. The van der Waals surface area contributed by atoms with Crippen LogP contribution in [0.4, 0.5) is 11.6 Å². The molecule has 0 amide bonds. The third-order valence-electron chi connectivity index (χ3n) is 5.16. The molecule has 0 radical (unpaired) electrons. The zero-order valence-corrected chi connectivity index (χ0v) is 20.6. The number of rotatable bonds is 8. The van der Waals surface area contributed by atoms with E-state index in [0.717, 1.165) is 28.0 Å². The van der Waals surface area contributed by atoms with Crippen molar-refractivity contribution in [2.45, 2.75) is 52.2 Å². The molecule has 0 spiro atoms. The van der Waals surface area contributed by atoms with Gasteiger partial charge in [-0.1, -0.05) is 29.7 Å². The molecular weight excluding hydrogens is 474 g/mol. The smallest absolute Gasteiger partial charge is 0.265 e. The molecule has 3 N–H and O–H groups in total. The third-order valence-corrected chi connectivity index (χ3v) is 8.09. The summed E-state index contributed by atoms with van der Waals surface area (Å²) in [5.74, 6) is -0.350. The SMILES string of the molecule is CCc1cc(C)c(C)c(C(C)=O)c1NC(O)c1sccc1S(=O)(=O)Nc1onc(C)c1Cl. The van der Waals surface area contributed by atoms with E-state index in [1.165, 1.54) is 13.0 Å². The van der Waals surface area contributed by atoms with Crippen molar-refractivity contribution in [3.05, 3.63) is 55.4 Å². The van der Waals surface area contributed by atoms with Gasteiger partial charge in [0.1, 0.15) is 15.6 Å². The Morgan fingerprint density at radius 1 is 1.34 bits per heavy atom. The lowest BCUT2D eigenvalue weighted by Crippen LogP contribution is -2.19. The highest BCUT2D eigenvalue weighted by molar-refractivity contribution is 7.93. The highest BCUT2D eigenvalue weighted by atomic mass is 35.5. The van der Waals surface area contributed by atoms with Crippen molar-refractivity contribution in [2.75, 3.05) is 10.0 Å². The molecule has 8 nitrogen and oxygen atoms in total. The number of ketones is 1. The van der Waals surface area contributed by atoms with E-state index in [-0.39, 0.29) is 26.5 Å². The molecule has 32 heavy (non-hydrogen) atoms. The predicted molar refractivity (Wildman–Crippen MR) is 125 cm³/mol. The quantitative estimate of drug-likeness (QED) is 0.296. The van der Waals surface area contributed by atoms with Gasteiger partial charge >= 0.3 is 0 Å². The molecule has 172 valence electrons. The summed E-state index contributed by atoms with van der Waals surface area (Å²) in [6.45, 7) is 8.76. The molecule has 0 aliphatic heterocycles. The summed E-state index contributed by atoms with van der Waals surface area (Å²) in [4.78, 5) is 12.4. The van der Waals surface area contributed by atoms with Gasteiger partial charge in [0, 0.05) is 5.56 Å². The molecule has 1 unspecified atom stereocenters. The second-order valence-corrected chi connectivity index (χ2v) is 10.3. The molecular formula is C21H24ClN3O5S2. The number of carbonyl (C=O) groups is 1. The van der Waals surface area contributed by atoms with Crippen molar-refractivity contribution >= 4 is 50.3 Å². The maximum Gasteiger partial charge on any atom is 0.265 e. The Balaban J connectivity index is 1.99. The van der Waals surface area contributed by atoms with Gasteiger partial charge in [0.05, 0.1) is 10.6 Å².